The molecule has 0 saturated heterocycles. The van der Waals surface area contributed by atoms with Crippen LogP contribution in [0.15, 0.2) is 54.9 Å². The molecule has 1 aliphatic rings. The van der Waals surface area contributed by atoms with Gasteiger partial charge < -0.3 is 16.4 Å². The van der Waals surface area contributed by atoms with Crippen LogP contribution < -0.4 is 16.4 Å². The van der Waals surface area contributed by atoms with Crippen LogP contribution in [0.3, 0.4) is 0 Å². The number of benzene rings is 2. The average Bonchev–Trinajstić information content (AvgIpc) is 2.56. The van der Waals surface area contributed by atoms with Crippen LogP contribution in [0.25, 0.3) is 0 Å². The van der Waals surface area contributed by atoms with E-state index >= 15 is 0 Å². The molecule has 1 heterocycles. The molecule has 0 aliphatic carbocycles. The number of aryl methyl sites for hydroxylation is 2. The number of nitrogens with one attached hydrogen (secondary N) is 2. The minimum atomic E-state index is 0.453. The Kier molecular flexibility index (Phi) is 2.88. The summed E-state index contributed by atoms with van der Waals surface area (Å²) in [6, 6.07) is 14.7. The third kappa shape index (κ3) is 2.40. The molecule has 3 nitrogen and oxygen atoms in total. The van der Waals surface area contributed by atoms with Crippen molar-refractivity contribution in [2.24, 2.45) is 5.73 Å². The summed E-state index contributed by atoms with van der Waals surface area (Å²) in [6.07, 6.45) is 2.11. The average molecular weight is 251 g/mol. The van der Waals surface area contributed by atoms with E-state index in [1.165, 1.54) is 16.8 Å². The van der Waals surface area contributed by atoms with Gasteiger partial charge in [-0.2, -0.15) is 0 Å². The van der Waals surface area contributed by atoms with Crippen molar-refractivity contribution in [3.05, 3.63) is 66.0 Å². The maximum atomic E-state index is 5.58. The van der Waals surface area contributed by atoms with Crippen molar-refractivity contribution >= 4 is 17.1 Å². The Morgan fingerprint density at radius 3 is 2.58 bits per heavy atom. The Hall–Kier alpha value is -2.42. The standard InChI is InChI=1S/C16H17N3/c1-11(17)18-14-9-8-13-7-6-12-4-2-3-5-15(12)19-16(13)10-14/h2-5,8-10,18-19H,1,6-7,17H2. The van der Waals surface area contributed by atoms with E-state index in [4.69, 9.17) is 5.73 Å². The van der Waals surface area contributed by atoms with E-state index in [0.29, 0.717) is 5.82 Å². The van der Waals surface area contributed by atoms with E-state index in [9.17, 15) is 0 Å². The lowest BCUT2D eigenvalue weighted by Gasteiger charge is -2.12. The molecule has 0 unspecified atom stereocenters. The highest BCUT2D eigenvalue weighted by atomic mass is 15.0. The van der Waals surface area contributed by atoms with Gasteiger partial charge in [-0.05, 0) is 42.2 Å². The Morgan fingerprint density at radius 2 is 1.79 bits per heavy atom. The van der Waals surface area contributed by atoms with Crippen molar-refractivity contribution in [3.63, 3.8) is 0 Å². The molecule has 1 aliphatic heterocycles. The van der Waals surface area contributed by atoms with E-state index < -0.39 is 0 Å². The Balaban J connectivity index is 1.97. The van der Waals surface area contributed by atoms with Gasteiger partial charge in [-0.15, -0.1) is 0 Å². The highest BCUT2D eigenvalue weighted by Crippen LogP contribution is 2.31. The van der Waals surface area contributed by atoms with Gasteiger partial charge in [0.2, 0.25) is 0 Å². The largest absolute Gasteiger partial charge is 0.386 e. The predicted octanol–water partition coefficient (Wildman–Crippen LogP) is 3.37. The minimum absolute atomic E-state index is 0.453. The van der Waals surface area contributed by atoms with E-state index in [1.54, 1.807) is 0 Å². The lowest BCUT2D eigenvalue weighted by molar-refractivity contribution is 0.977. The molecular formula is C16H17N3. The second-order valence-corrected chi connectivity index (χ2v) is 4.80. The fourth-order valence-electron chi connectivity index (χ4n) is 2.45. The third-order valence-electron chi connectivity index (χ3n) is 3.37. The van der Waals surface area contributed by atoms with Crippen molar-refractivity contribution in [2.75, 3.05) is 10.6 Å². The maximum Gasteiger partial charge on any atom is 0.0930 e. The molecule has 0 radical (unpaired) electrons. The zero-order valence-electron chi connectivity index (χ0n) is 10.7. The molecule has 0 saturated carbocycles. The van der Waals surface area contributed by atoms with E-state index in [1.807, 2.05) is 6.07 Å². The molecule has 3 heteroatoms. The molecule has 2 aromatic carbocycles. The number of hydrogen-bond acceptors (Lipinski definition) is 3. The highest BCUT2D eigenvalue weighted by Gasteiger charge is 2.12. The van der Waals surface area contributed by atoms with Gasteiger partial charge in [0.15, 0.2) is 0 Å². The molecule has 0 amide bonds. The fraction of sp³-hybridized carbons (Fsp3) is 0.125. The zero-order valence-corrected chi connectivity index (χ0v) is 10.7. The van der Waals surface area contributed by atoms with Gasteiger partial charge in [-0.1, -0.05) is 30.8 Å². The highest BCUT2D eigenvalue weighted by molar-refractivity contribution is 5.72. The molecule has 19 heavy (non-hydrogen) atoms. The first-order valence-corrected chi connectivity index (χ1v) is 6.41. The molecule has 0 aromatic heterocycles. The second-order valence-electron chi connectivity index (χ2n) is 4.80. The molecule has 0 bridgehead atoms. The summed E-state index contributed by atoms with van der Waals surface area (Å²) < 4.78 is 0. The summed E-state index contributed by atoms with van der Waals surface area (Å²) in [4.78, 5) is 0. The Bertz CT molecular complexity index is 632. The molecule has 0 atom stereocenters. The van der Waals surface area contributed by atoms with Gasteiger partial charge in [-0.3, -0.25) is 0 Å². The first-order valence-electron chi connectivity index (χ1n) is 6.41. The number of hydrogen-bond donors (Lipinski definition) is 3. The van der Waals surface area contributed by atoms with Crippen LogP contribution in [0, 0.1) is 0 Å². The molecule has 96 valence electrons. The fourth-order valence-corrected chi connectivity index (χ4v) is 2.45. The van der Waals surface area contributed by atoms with Gasteiger partial charge in [0.25, 0.3) is 0 Å². The van der Waals surface area contributed by atoms with Crippen molar-refractivity contribution < 1.29 is 0 Å². The van der Waals surface area contributed by atoms with E-state index in [2.05, 4.69) is 53.6 Å². The summed E-state index contributed by atoms with van der Waals surface area (Å²) in [6.45, 7) is 3.66. The zero-order chi connectivity index (χ0) is 13.2. The second kappa shape index (κ2) is 4.69. The summed E-state index contributed by atoms with van der Waals surface area (Å²) in [5.74, 6) is 0.453. The van der Waals surface area contributed by atoms with Crippen LogP contribution in [0.5, 0.6) is 0 Å². The number of anilines is 3. The van der Waals surface area contributed by atoms with Gasteiger partial charge in [0.1, 0.15) is 0 Å². The number of fused-ring (bicyclic) bond motifs is 2. The smallest absolute Gasteiger partial charge is 0.0930 e. The maximum absolute atomic E-state index is 5.58. The van der Waals surface area contributed by atoms with Crippen LogP contribution in [-0.4, -0.2) is 0 Å². The first-order chi connectivity index (χ1) is 9.22. The lowest BCUT2D eigenvalue weighted by Crippen LogP contribution is -2.07. The monoisotopic (exact) mass is 251 g/mol. The van der Waals surface area contributed by atoms with Crippen molar-refractivity contribution in [1.29, 1.82) is 0 Å². The van der Waals surface area contributed by atoms with Gasteiger partial charge in [0, 0.05) is 17.1 Å². The van der Waals surface area contributed by atoms with Crippen molar-refractivity contribution in [2.45, 2.75) is 12.8 Å². The van der Waals surface area contributed by atoms with Gasteiger partial charge >= 0.3 is 0 Å². The summed E-state index contributed by atoms with van der Waals surface area (Å²) in [5.41, 5.74) is 11.5. The number of para-hydroxylation sites is 1. The molecule has 2 aromatic rings. The Labute approximate surface area is 113 Å². The van der Waals surface area contributed by atoms with Crippen LogP contribution >= 0.6 is 0 Å². The summed E-state index contributed by atoms with van der Waals surface area (Å²) in [7, 11) is 0. The molecule has 3 rings (SSSR count). The van der Waals surface area contributed by atoms with Crippen molar-refractivity contribution in [1.82, 2.24) is 0 Å². The minimum Gasteiger partial charge on any atom is -0.386 e. The first kappa shape index (κ1) is 11.7. The number of rotatable bonds is 2. The van der Waals surface area contributed by atoms with E-state index in [-0.39, 0.29) is 0 Å². The van der Waals surface area contributed by atoms with Crippen molar-refractivity contribution in [3.8, 4) is 0 Å². The normalized spacial score (nSPS) is 12.6. The SMILES string of the molecule is C=C(N)Nc1ccc2c(c1)Nc1ccccc1CC2. The number of nitrogens with two attached hydrogens (primary N) is 1. The van der Waals surface area contributed by atoms with Gasteiger partial charge in [0.05, 0.1) is 5.82 Å². The van der Waals surface area contributed by atoms with Crippen LogP contribution in [-0.2, 0) is 12.8 Å². The topological polar surface area (TPSA) is 50.1 Å². The summed E-state index contributed by atoms with van der Waals surface area (Å²) in [5, 5.41) is 6.55. The molecule has 0 fully saturated rings. The Morgan fingerprint density at radius 1 is 1.05 bits per heavy atom. The quantitative estimate of drug-likeness (QED) is 0.767. The van der Waals surface area contributed by atoms with E-state index in [0.717, 1.165) is 24.2 Å². The molecular weight excluding hydrogens is 234 g/mol. The summed E-state index contributed by atoms with van der Waals surface area (Å²) >= 11 is 0. The van der Waals surface area contributed by atoms with Crippen LogP contribution in [0.2, 0.25) is 0 Å². The molecule has 4 N–H and O–H groups in total. The lowest BCUT2D eigenvalue weighted by atomic mass is 10.0. The van der Waals surface area contributed by atoms with Crippen LogP contribution in [0.1, 0.15) is 11.1 Å². The van der Waals surface area contributed by atoms with Crippen LogP contribution in [0.4, 0.5) is 17.1 Å². The molecule has 0 spiro atoms. The third-order valence-corrected chi connectivity index (χ3v) is 3.37. The van der Waals surface area contributed by atoms with Gasteiger partial charge in [-0.25, -0.2) is 0 Å². The predicted molar refractivity (Wildman–Crippen MR) is 80.5 cm³/mol.